The number of fused-ring (bicyclic) bond motifs is 1. The Morgan fingerprint density at radius 2 is 2.04 bits per heavy atom. The lowest BCUT2D eigenvalue weighted by Gasteiger charge is -2.34. The Hall–Kier alpha value is -1.60. The molecule has 0 radical (unpaired) electrons. The van der Waals surface area contributed by atoms with Gasteiger partial charge in [0.25, 0.3) is 0 Å². The van der Waals surface area contributed by atoms with Crippen LogP contribution in [0.25, 0.3) is 0 Å². The van der Waals surface area contributed by atoms with Crippen LogP contribution in [0, 0.1) is 0 Å². The lowest BCUT2D eigenvalue weighted by Crippen LogP contribution is -2.32. The van der Waals surface area contributed by atoms with Gasteiger partial charge in [-0.2, -0.15) is 13.2 Å². The molecule has 2 heterocycles. The van der Waals surface area contributed by atoms with Gasteiger partial charge in [0.05, 0.1) is 0 Å². The monoisotopic (exact) mass is 414 g/mol. The van der Waals surface area contributed by atoms with Crippen molar-refractivity contribution < 1.29 is 17.9 Å². The van der Waals surface area contributed by atoms with Crippen molar-refractivity contribution in [3.05, 3.63) is 57.7 Å². The predicted octanol–water partition coefficient (Wildman–Crippen LogP) is 4.90. The Bertz CT molecular complexity index is 734. The molecule has 1 aliphatic heterocycles. The number of benzene rings is 1. The van der Waals surface area contributed by atoms with Gasteiger partial charge in [-0.05, 0) is 42.2 Å². The highest BCUT2D eigenvalue weighted by atomic mass is 79.9. The first-order valence-electron chi connectivity index (χ1n) is 7.99. The number of hydrogen-bond donors (Lipinski definition) is 0. The summed E-state index contributed by atoms with van der Waals surface area (Å²) < 4.78 is 42.3. The molecule has 0 bridgehead atoms. The van der Waals surface area contributed by atoms with Crippen molar-refractivity contribution in [3.8, 4) is 5.88 Å². The average Bonchev–Trinajstić information content (AvgIpc) is 2.58. The molecule has 1 aromatic carbocycles. The van der Waals surface area contributed by atoms with Crippen LogP contribution < -0.4 is 4.74 Å². The van der Waals surface area contributed by atoms with Crippen molar-refractivity contribution in [2.75, 3.05) is 13.2 Å². The topological polar surface area (TPSA) is 25.4 Å². The van der Waals surface area contributed by atoms with Crippen LogP contribution in [0.2, 0.25) is 0 Å². The third-order valence-corrected chi connectivity index (χ3v) is 4.88. The molecule has 134 valence electrons. The van der Waals surface area contributed by atoms with Gasteiger partial charge in [0.2, 0.25) is 5.88 Å². The fourth-order valence-corrected chi connectivity index (χ4v) is 3.38. The maximum atomic E-state index is 12.2. The molecule has 0 fully saturated rings. The summed E-state index contributed by atoms with van der Waals surface area (Å²) in [7, 11) is 0. The van der Waals surface area contributed by atoms with Gasteiger partial charge in [0, 0.05) is 35.9 Å². The molecule has 3 rings (SSSR count). The molecule has 1 atom stereocenters. The summed E-state index contributed by atoms with van der Waals surface area (Å²) in [6.07, 6.45) is -1.79. The van der Waals surface area contributed by atoms with Crippen LogP contribution in [-0.4, -0.2) is 29.2 Å². The summed E-state index contributed by atoms with van der Waals surface area (Å²) >= 11 is 3.51. The number of nitrogens with zero attached hydrogens (tertiary/aromatic N) is 2. The second-order valence-corrected chi connectivity index (χ2v) is 7.06. The number of ether oxygens (including phenoxy) is 1. The van der Waals surface area contributed by atoms with E-state index in [1.807, 2.05) is 0 Å². The largest absolute Gasteiger partial charge is 0.468 e. The summed E-state index contributed by atoms with van der Waals surface area (Å²) in [4.78, 5) is 6.34. The number of hydrogen-bond acceptors (Lipinski definition) is 3. The zero-order valence-corrected chi connectivity index (χ0v) is 15.3. The number of halogens is 4. The van der Waals surface area contributed by atoms with Crippen molar-refractivity contribution in [3.63, 3.8) is 0 Å². The van der Waals surface area contributed by atoms with Gasteiger partial charge < -0.3 is 4.74 Å². The summed E-state index contributed by atoms with van der Waals surface area (Å²) in [6.45, 7) is 2.52. The normalized spacial score (nSPS) is 16.4. The van der Waals surface area contributed by atoms with E-state index in [9.17, 15) is 13.2 Å². The molecule has 0 saturated heterocycles. The Morgan fingerprint density at radius 3 is 2.72 bits per heavy atom. The standard InChI is InChI=1S/C18H18BrF3N2O/c1-12(14-3-5-17(23-9-14)25-11-18(20,21)22)24-7-6-13-2-4-16(19)8-15(13)10-24/h2-5,8-9,12H,6-7,10-11H2,1H3. The minimum absolute atomic E-state index is 0.0128. The predicted molar refractivity (Wildman–Crippen MR) is 92.5 cm³/mol. The van der Waals surface area contributed by atoms with Gasteiger partial charge in [-0.3, -0.25) is 4.90 Å². The molecule has 0 spiro atoms. The first-order chi connectivity index (χ1) is 11.8. The van der Waals surface area contributed by atoms with E-state index in [0.717, 1.165) is 29.5 Å². The van der Waals surface area contributed by atoms with E-state index < -0.39 is 12.8 Å². The van der Waals surface area contributed by atoms with Crippen LogP contribution >= 0.6 is 15.9 Å². The molecule has 0 N–H and O–H groups in total. The van der Waals surface area contributed by atoms with E-state index in [1.165, 1.54) is 17.2 Å². The highest BCUT2D eigenvalue weighted by molar-refractivity contribution is 9.10. The van der Waals surface area contributed by atoms with Gasteiger partial charge in [0.15, 0.2) is 6.61 Å². The lowest BCUT2D eigenvalue weighted by atomic mass is 9.97. The van der Waals surface area contributed by atoms with E-state index in [2.05, 4.69) is 55.7 Å². The van der Waals surface area contributed by atoms with Crippen molar-refractivity contribution in [1.82, 2.24) is 9.88 Å². The van der Waals surface area contributed by atoms with Gasteiger partial charge in [-0.1, -0.05) is 28.1 Å². The van der Waals surface area contributed by atoms with Crippen LogP contribution in [-0.2, 0) is 13.0 Å². The second-order valence-electron chi connectivity index (χ2n) is 6.14. The summed E-state index contributed by atoms with van der Waals surface area (Å²) in [5.41, 5.74) is 3.61. The maximum Gasteiger partial charge on any atom is 0.422 e. The van der Waals surface area contributed by atoms with Gasteiger partial charge in [-0.15, -0.1) is 0 Å². The minimum atomic E-state index is -4.36. The van der Waals surface area contributed by atoms with Gasteiger partial charge >= 0.3 is 6.18 Å². The first-order valence-corrected chi connectivity index (χ1v) is 8.78. The quantitative estimate of drug-likeness (QED) is 0.710. The van der Waals surface area contributed by atoms with Crippen molar-refractivity contribution >= 4 is 15.9 Å². The van der Waals surface area contributed by atoms with Crippen molar-refractivity contribution in [1.29, 1.82) is 0 Å². The molecule has 1 aliphatic rings. The van der Waals surface area contributed by atoms with Crippen molar-refractivity contribution in [2.45, 2.75) is 32.1 Å². The smallest absolute Gasteiger partial charge is 0.422 e. The van der Waals surface area contributed by atoms with Crippen LogP contribution in [0.4, 0.5) is 13.2 Å². The Morgan fingerprint density at radius 1 is 1.24 bits per heavy atom. The van der Waals surface area contributed by atoms with Gasteiger partial charge in [0.1, 0.15) is 0 Å². The van der Waals surface area contributed by atoms with E-state index in [-0.39, 0.29) is 11.9 Å². The number of rotatable bonds is 4. The molecule has 25 heavy (non-hydrogen) atoms. The zero-order valence-electron chi connectivity index (χ0n) is 13.7. The summed E-state index contributed by atoms with van der Waals surface area (Å²) in [5, 5.41) is 0. The second kappa shape index (κ2) is 7.33. The highest BCUT2D eigenvalue weighted by Gasteiger charge is 2.28. The molecule has 3 nitrogen and oxygen atoms in total. The zero-order chi connectivity index (χ0) is 18.0. The number of pyridine rings is 1. The molecule has 1 unspecified atom stereocenters. The number of alkyl halides is 3. The third kappa shape index (κ3) is 4.73. The Kier molecular flexibility index (Phi) is 5.34. The molecule has 2 aromatic rings. The molecule has 0 aliphatic carbocycles. The first kappa shape index (κ1) is 18.2. The molecular weight excluding hydrogens is 397 g/mol. The summed E-state index contributed by atoms with van der Waals surface area (Å²) in [6, 6.07) is 9.74. The van der Waals surface area contributed by atoms with Crippen LogP contribution in [0.3, 0.4) is 0 Å². The van der Waals surface area contributed by atoms with E-state index in [0.29, 0.717) is 0 Å². The molecule has 7 heteroatoms. The fourth-order valence-electron chi connectivity index (χ4n) is 2.97. The highest BCUT2D eigenvalue weighted by Crippen LogP contribution is 2.29. The van der Waals surface area contributed by atoms with E-state index in [4.69, 9.17) is 0 Å². The third-order valence-electron chi connectivity index (χ3n) is 4.38. The minimum Gasteiger partial charge on any atom is -0.468 e. The molecule has 0 saturated carbocycles. The lowest BCUT2D eigenvalue weighted by molar-refractivity contribution is -0.154. The van der Waals surface area contributed by atoms with Crippen LogP contribution in [0.5, 0.6) is 5.88 Å². The van der Waals surface area contributed by atoms with E-state index >= 15 is 0 Å². The molecule has 1 aromatic heterocycles. The number of aromatic nitrogens is 1. The Labute approximate surface area is 152 Å². The average molecular weight is 415 g/mol. The van der Waals surface area contributed by atoms with Gasteiger partial charge in [-0.25, -0.2) is 4.98 Å². The molecule has 0 amide bonds. The fraction of sp³-hybridized carbons (Fsp3) is 0.389. The SMILES string of the molecule is CC(c1ccc(OCC(F)(F)F)nc1)N1CCc2ccc(Br)cc2C1. The van der Waals surface area contributed by atoms with Crippen molar-refractivity contribution in [2.24, 2.45) is 0 Å². The Balaban J connectivity index is 1.66. The maximum absolute atomic E-state index is 12.2. The summed E-state index contributed by atoms with van der Waals surface area (Å²) in [5.74, 6) is -0.0128. The molecular formula is C18H18BrF3N2O. The van der Waals surface area contributed by atoms with E-state index in [1.54, 1.807) is 12.3 Å². The van der Waals surface area contributed by atoms with Crippen LogP contribution in [0.1, 0.15) is 29.7 Å². The van der Waals surface area contributed by atoms with Crippen LogP contribution in [0.15, 0.2) is 41.0 Å².